The Balaban J connectivity index is 0.000000175. The van der Waals surface area contributed by atoms with Crippen molar-refractivity contribution in [1.29, 1.82) is 0 Å². The summed E-state index contributed by atoms with van der Waals surface area (Å²) in [7, 11) is 2.04. The Morgan fingerprint density at radius 3 is 2.52 bits per heavy atom. The summed E-state index contributed by atoms with van der Waals surface area (Å²) in [4.78, 5) is 14.6. The van der Waals surface area contributed by atoms with Crippen LogP contribution in [0, 0.1) is 24.9 Å². The van der Waals surface area contributed by atoms with Crippen LogP contribution >= 0.6 is 11.3 Å². The average Bonchev–Trinajstić information content (AvgIpc) is 3.54. The number of aryl methyl sites for hydroxylation is 2. The van der Waals surface area contributed by atoms with Gasteiger partial charge in [-0.1, -0.05) is 41.3 Å². The zero-order valence-corrected chi connectivity index (χ0v) is 28.8. The number of benzene rings is 3. The maximum atomic E-state index is 13.8. The van der Waals surface area contributed by atoms with Gasteiger partial charge in [0.05, 0.1) is 16.9 Å². The second kappa shape index (κ2) is 12.2. The van der Waals surface area contributed by atoms with Crippen LogP contribution in [0.15, 0.2) is 85.1 Å². The van der Waals surface area contributed by atoms with Gasteiger partial charge in [0.15, 0.2) is 0 Å². The van der Waals surface area contributed by atoms with Gasteiger partial charge < -0.3 is 9.55 Å². The van der Waals surface area contributed by atoms with E-state index >= 15 is 0 Å². The summed E-state index contributed by atoms with van der Waals surface area (Å²) >= 11 is -0.671. The Labute approximate surface area is 269 Å². The number of para-hydroxylation sites is 2. The summed E-state index contributed by atoms with van der Waals surface area (Å²) in [5.74, 6) is 6.78. The fourth-order valence-electron chi connectivity index (χ4n) is 4.87. The van der Waals surface area contributed by atoms with Gasteiger partial charge in [-0.2, -0.15) is 11.3 Å². The van der Waals surface area contributed by atoms with E-state index < -0.39 is 25.9 Å². The van der Waals surface area contributed by atoms with Gasteiger partial charge in [0, 0.05) is 36.7 Å². The summed E-state index contributed by atoms with van der Waals surface area (Å²) < 4.78 is 41.2. The van der Waals surface area contributed by atoms with Crippen molar-refractivity contribution in [3.8, 4) is 22.6 Å². The SMILES string of the molecule is Cn1c(-c2[c-]nc3sc4ccccc4c3c2)nc2ccccc21.[2H]C([2H])([2H])c1cc(-c2[c-]cccc2F)nc[c]1[Ge]([CH3])([CH3])[CH3].[Ir]. The summed E-state index contributed by atoms with van der Waals surface area (Å²) in [6, 6.07) is 27.5. The molecule has 7 aromatic rings. The molecule has 4 nitrogen and oxygen atoms in total. The Bertz CT molecular complexity index is 2150. The van der Waals surface area contributed by atoms with Gasteiger partial charge in [-0.05, 0) is 29.8 Å². The van der Waals surface area contributed by atoms with Gasteiger partial charge in [-0.25, -0.2) is 0 Å². The van der Waals surface area contributed by atoms with Crippen molar-refractivity contribution in [3.63, 3.8) is 0 Å². The number of hydrogen-bond donors (Lipinski definition) is 0. The van der Waals surface area contributed by atoms with Crippen molar-refractivity contribution < 1.29 is 28.6 Å². The number of rotatable bonds is 3. The average molecular weight is 813 g/mol. The van der Waals surface area contributed by atoms with Crippen LogP contribution in [0.2, 0.25) is 17.3 Å². The number of pyridine rings is 2. The number of halogens is 1. The molecule has 0 N–H and O–H groups in total. The van der Waals surface area contributed by atoms with Crippen molar-refractivity contribution in [3.05, 3.63) is 109 Å². The molecule has 0 bridgehead atoms. The van der Waals surface area contributed by atoms with E-state index in [9.17, 15) is 4.39 Å². The van der Waals surface area contributed by atoms with Crippen LogP contribution in [0.3, 0.4) is 0 Å². The molecular weight excluding hydrogens is 780 g/mol. The third-order valence-electron chi connectivity index (χ3n) is 6.98. The van der Waals surface area contributed by atoms with E-state index in [-0.39, 0.29) is 31.2 Å². The number of hydrogen-bond acceptors (Lipinski definition) is 4. The minimum atomic E-state index is -2.38. The zero-order chi connectivity index (χ0) is 31.2. The quantitative estimate of drug-likeness (QED) is 0.133. The first kappa shape index (κ1) is 26.4. The molecule has 0 fully saturated rings. The summed E-state index contributed by atoms with van der Waals surface area (Å²) in [5.41, 5.74) is 3.85. The third kappa shape index (κ3) is 5.84. The van der Waals surface area contributed by atoms with Crippen molar-refractivity contribution in [1.82, 2.24) is 19.5 Å². The van der Waals surface area contributed by atoms with Gasteiger partial charge in [0.25, 0.3) is 0 Å². The van der Waals surface area contributed by atoms with Gasteiger partial charge >= 0.3 is 114 Å². The van der Waals surface area contributed by atoms with E-state index in [1.54, 1.807) is 29.7 Å². The largest absolute Gasteiger partial charge is 0 e. The molecule has 0 saturated heterocycles. The first-order chi connectivity index (χ1) is 20.9. The molecule has 0 unspecified atom stereocenters. The van der Waals surface area contributed by atoms with Crippen molar-refractivity contribution >= 4 is 60.3 Å². The minimum absolute atomic E-state index is 0. The molecule has 8 heteroatoms. The normalized spacial score (nSPS) is 12.7. The van der Waals surface area contributed by atoms with Crippen LogP contribution in [0.25, 0.3) is 54.0 Å². The Morgan fingerprint density at radius 2 is 1.76 bits per heavy atom. The predicted molar refractivity (Wildman–Crippen MR) is 172 cm³/mol. The van der Waals surface area contributed by atoms with E-state index in [1.165, 1.54) is 27.6 Å². The molecule has 0 spiro atoms. The number of imidazole rings is 1. The summed E-state index contributed by atoms with van der Waals surface area (Å²) in [6.45, 7) is -2.23. The van der Waals surface area contributed by atoms with Crippen LogP contribution < -0.4 is 4.40 Å². The second-order valence-corrected chi connectivity index (χ2v) is 22.4. The number of nitrogens with zero attached hydrogens (tertiary/aromatic N) is 4. The number of aromatic nitrogens is 4. The van der Waals surface area contributed by atoms with Crippen LogP contribution in [-0.4, -0.2) is 32.8 Å². The van der Waals surface area contributed by atoms with Crippen LogP contribution in [-0.2, 0) is 27.2 Å². The van der Waals surface area contributed by atoms with E-state index in [2.05, 4.69) is 80.5 Å². The zero-order valence-electron chi connectivity index (χ0n) is 26.5. The molecule has 3 aromatic carbocycles. The fourth-order valence-corrected chi connectivity index (χ4v) is 8.67. The van der Waals surface area contributed by atoms with E-state index in [0.29, 0.717) is 5.69 Å². The maximum Gasteiger partial charge on any atom is 0 e. The monoisotopic (exact) mass is 814 g/mol. The first-order valence-electron chi connectivity index (χ1n) is 14.7. The molecule has 0 aliphatic rings. The maximum absolute atomic E-state index is 13.8. The molecule has 0 atom stereocenters. The predicted octanol–water partition coefficient (Wildman–Crippen LogP) is 8.34. The minimum Gasteiger partial charge on any atom is 0 e. The van der Waals surface area contributed by atoms with Gasteiger partial charge in [-0.15, -0.1) is 6.07 Å². The Kier molecular flexibility index (Phi) is 7.65. The first-order valence-corrected chi connectivity index (χ1v) is 21.4. The summed E-state index contributed by atoms with van der Waals surface area (Å²) in [6.07, 6.45) is 4.78. The molecule has 42 heavy (non-hydrogen) atoms. The molecular formula is C34H29FGeIrN4S-2. The fraction of sp³-hybridized carbons (Fsp3) is 0.147. The van der Waals surface area contributed by atoms with Crippen LogP contribution in [0.1, 0.15) is 9.68 Å². The molecule has 4 aromatic heterocycles. The molecule has 1 radical (unpaired) electrons. The molecule has 7 rings (SSSR count). The summed E-state index contributed by atoms with van der Waals surface area (Å²) in [5, 5.41) is 2.42. The van der Waals surface area contributed by atoms with Crippen LogP contribution in [0.4, 0.5) is 4.39 Å². The number of thiophene rings is 1. The van der Waals surface area contributed by atoms with Gasteiger partial charge in [0.2, 0.25) is 0 Å². The Morgan fingerprint density at radius 1 is 0.976 bits per heavy atom. The molecule has 0 amide bonds. The Hall–Kier alpha value is -3.23. The van der Waals surface area contributed by atoms with Gasteiger partial charge in [-0.3, -0.25) is 4.98 Å². The molecule has 4 heterocycles. The smallest absolute Gasteiger partial charge is 0 e. The van der Waals surface area contributed by atoms with Crippen molar-refractivity contribution in [2.45, 2.75) is 24.1 Å². The standard InChI is InChI=1S/C19H12N3S.C15H17FGeN.Ir/c1-22-16-8-4-3-7-15(16)21-18(22)12-10-14-13-6-2-5-9-17(13)23-19(14)20-11-12;1-11-9-15(12-7-5-6-8-13(12)16)18-10-14(11)17(2,3)4;/h2-10H,1H3;5-6,8-10H,1-4H3;/q2*-1;/i;1D3;. The van der Waals surface area contributed by atoms with Gasteiger partial charge in [0.1, 0.15) is 0 Å². The molecule has 0 saturated carbocycles. The van der Waals surface area contributed by atoms with Crippen molar-refractivity contribution in [2.75, 3.05) is 0 Å². The molecule has 0 aliphatic carbocycles. The van der Waals surface area contributed by atoms with E-state index in [4.69, 9.17) is 9.10 Å². The topological polar surface area (TPSA) is 43.6 Å². The van der Waals surface area contributed by atoms with Crippen LogP contribution in [0.5, 0.6) is 0 Å². The molecule has 0 aliphatic heterocycles. The van der Waals surface area contributed by atoms with E-state index in [0.717, 1.165) is 31.6 Å². The van der Waals surface area contributed by atoms with Crippen molar-refractivity contribution in [2.24, 2.45) is 7.05 Å². The third-order valence-corrected chi connectivity index (χ3v) is 12.3. The number of fused-ring (bicyclic) bond motifs is 4. The second-order valence-electron chi connectivity index (χ2n) is 10.8. The molecule has 213 valence electrons. The van der Waals surface area contributed by atoms with E-state index in [1.807, 2.05) is 25.2 Å².